The predicted octanol–water partition coefficient (Wildman–Crippen LogP) is 1.30. The SMILES string of the molecule is CCC/C=N\NC(=O)C1CC1. The Morgan fingerprint density at radius 2 is 2.45 bits per heavy atom. The molecule has 3 heteroatoms. The molecule has 1 N–H and O–H groups in total. The lowest BCUT2D eigenvalue weighted by Gasteiger charge is -1.93. The van der Waals surface area contributed by atoms with Crippen LogP contribution in [-0.2, 0) is 4.79 Å². The number of amides is 1. The number of unbranched alkanes of at least 4 members (excludes halogenated alkanes) is 1. The van der Waals surface area contributed by atoms with E-state index in [0.717, 1.165) is 25.7 Å². The van der Waals surface area contributed by atoms with Crippen LogP contribution in [0.25, 0.3) is 0 Å². The first-order valence-electron chi connectivity index (χ1n) is 4.16. The smallest absolute Gasteiger partial charge is 0.243 e. The van der Waals surface area contributed by atoms with Gasteiger partial charge in [0.2, 0.25) is 5.91 Å². The number of carbonyl (C=O) groups excluding carboxylic acids is 1. The zero-order chi connectivity index (χ0) is 8.10. The minimum absolute atomic E-state index is 0.0809. The van der Waals surface area contributed by atoms with Crippen LogP contribution in [0.5, 0.6) is 0 Å². The number of carbonyl (C=O) groups is 1. The topological polar surface area (TPSA) is 41.5 Å². The van der Waals surface area contributed by atoms with Gasteiger partial charge in [0.05, 0.1) is 0 Å². The fraction of sp³-hybridized carbons (Fsp3) is 0.750. The molecular weight excluding hydrogens is 140 g/mol. The third-order valence-corrected chi connectivity index (χ3v) is 1.63. The van der Waals surface area contributed by atoms with Crippen molar-refractivity contribution in [2.45, 2.75) is 32.6 Å². The Kier molecular flexibility index (Phi) is 3.08. The molecule has 0 aliphatic heterocycles. The molecule has 0 unspecified atom stereocenters. The molecule has 0 saturated heterocycles. The van der Waals surface area contributed by atoms with Crippen molar-refractivity contribution in [2.24, 2.45) is 11.0 Å². The second-order valence-corrected chi connectivity index (χ2v) is 2.85. The van der Waals surface area contributed by atoms with Crippen LogP contribution in [0.3, 0.4) is 0 Å². The van der Waals surface area contributed by atoms with E-state index in [1.54, 1.807) is 6.21 Å². The highest BCUT2D eigenvalue weighted by atomic mass is 16.2. The summed E-state index contributed by atoms with van der Waals surface area (Å²) >= 11 is 0. The van der Waals surface area contributed by atoms with E-state index < -0.39 is 0 Å². The summed E-state index contributed by atoms with van der Waals surface area (Å²) in [6, 6.07) is 0. The fourth-order valence-corrected chi connectivity index (χ4v) is 0.740. The van der Waals surface area contributed by atoms with Gasteiger partial charge in [0, 0.05) is 12.1 Å². The summed E-state index contributed by atoms with van der Waals surface area (Å²) in [7, 11) is 0. The van der Waals surface area contributed by atoms with E-state index in [1.165, 1.54) is 0 Å². The van der Waals surface area contributed by atoms with Crippen molar-refractivity contribution in [2.75, 3.05) is 0 Å². The first-order chi connectivity index (χ1) is 5.34. The Hall–Kier alpha value is -0.860. The van der Waals surface area contributed by atoms with E-state index in [9.17, 15) is 4.79 Å². The summed E-state index contributed by atoms with van der Waals surface area (Å²) in [5, 5.41) is 3.80. The second kappa shape index (κ2) is 4.11. The van der Waals surface area contributed by atoms with Crippen LogP contribution in [0.2, 0.25) is 0 Å². The Labute approximate surface area is 66.9 Å². The number of nitrogens with one attached hydrogen (secondary N) is 1. The summed E-state index contributed by atoms with van der Waals surface area (Å²) < 4.78 is 0. The molecule has 0 aromatic heterocycles. The Bertz CT molecular complexity index is 161. The molecule has 3 nitrogen and oxygen atoms in total. The summed E-state index contributed by atoms with van der Waals surface area (Å²) in [6.07, 6.45) is 5.83. The van der Waals surface area contributed by atoms with Crippen molar-refractivity contribution in [3.63, 3.8) is 0 Å². The zero-order valence-corrected chi connectivity index (χ0v) is 6.84. The number of hydrazone groups is 1. The van der Waals surface area contributed by atoms with E-state index in [4.69, 9.17) is 0 Å². The molecule has 1 fully saturated rings. The molecule has 1 saturated carbocycles. The molecule has 1 aliphatic rings. The van der Waals surface area contributed by atoms with E-state index in [0.29, 0.717) is 0 Å². The molecule has 0 atom stereocenters. The van der Waals surface area contributed by atoms with Crippen LogP contribution in [0.15, 0.2) is 5.10 Å². The maximum absolute atomic E-state index is 10.9. The van der Waals surface area contributed by atoms with Crippen LogP contribution in [0, 0.1) is 5.92 Å². The monoisotopic (exact) mass is 154 g/mol. The van der Waals surface area contributed by atoms with Gasteiger partial charge in [-0.2, -0.15) is 5.10 Å². The summed E-state index contributed by atoms with van der Waals surface area (Å²) in [6.45, 7) is 2.08. The zero-order valence-electron chi connectivity index (χ0n) is 6.84. The van der Waals surface area contributed by atoms with Crippen LogP contribution in [0.4, 0.5) is 0 Å². The average molecular weight is 154 g/mol. The van der Waals surface area contributed by atoms with E-state index >= 15 is 0 Å². The van der Waals surface area contributed by atoms with Crippen molar-refractivity contribution in [3.8, 4) is 0 Å². The number of rotatable bonds is 4. The summed E-state index contributed by atoms with van der Waals surface area (Å²) in [5.74, 6) is 0.339. The van der Waals surface area contributed by atoms with E-state index in [1.807, 2.05) is 0 Å². The lowest BCUT2D eigenvalue weighted by molar-refractivity contribution is -0.122. The van der Waals surface area contributed by atoms with E-state index in [-0.39, 0.29) is 11.8 Å². The number of nitrogens with zero attached hydrogens (tertiary/aromatic N) is 1. The van der Waals surface area contributed by atoms with Gasteiger partial charge in [0.1, 0.15) is 0 Å². The molecule has 0 radical (unpaired) electrons. The van der Waals surface area contributed by atoms with Gasteiger partial charge in [-0.05, 0) is 19.3 Å². The molecule has 62 valence electrons. The maximum atomic E-state index is 10.9. The van der Waals surface area contributed by atoms with Crippen molar-refractivity contribution >= 4 is 12.1 Å². The highest BCUT2D eigenvalue weighted by molar-refractivity contribution is 5.81. The number of hydrogen-bond donors (Lipinski definition) is 1. The molecule has 0 bridgehead atoms. The fourth-order valence-electron chi connectivity index (χ4n) is 0.740. The molecule has 0 aromatic carbocycles. The Morgan fingerprint density at radius 1 is 1.73 bits per heavy atom. The van der Waals surface area contributed by atoms with Gasteiger partial charge in [-0.1, -0.05) is 13.3 Å². The highest BCUT2D eigenvalue weighted by Crippen LogP contribution is 2.28. The van der Waals surface area contributed by atoms with Crippen LogP contribution in [-0.4, -0.2) is 12.1 Å². The van der Waals surface area contributed by atoms with Gasteiger partial charge in [-0.25, -0.2) is 5.43 Å². The minimum atomic E-state index is 0.0809. The first kappa shape index (κ1) is 8.24. The summed E-state index contributed by atoms with van der Waals surface area (Å²) in [5.41, 5.74) is 2.51. The molecule has 1 aliphatic carbocycles. The van der Waals surface area contributed by atoms with Gasteiger partial charge >= 0.3 is 0 Å². The van der Waals surface area contributed by atoms with Gasteiger partial charge in [0.15, 0.2) is 0 Å². The molecular formula is C8H14N2O. The normalized spacial score (nSPS) is 17.2. The van der Waals surface area contributed by atoms with Gasteiger partial charge in [-0.15, -0.1) is 0 Å². The van der Waals surface area contributed by atoms with Gasteiger partial charge in [-0.3, -0.25) is 4.79 Å². The van der Waals surface area contributed by atoms with Crippen molar-refractivity contribution in [3.05, 3.63) is 0 Å². The lowest BCUT2D eigenvalue weighted by Crippen LogP contribution is -2.18. The standard InChI is InChI=1S/C8H14N2O/c1-2-3-6-9-10-8(11)7-4-5-7/h6-7H,2-5H2,1H3,(H,10,11)/b9-6-. The molecule has 0 spiro atoms. The van der Waals surface area contributed by atoms with Crippen LogP contribution < -0.4 is 5.43 Å². The maximum Gasteiger partial charge on any atom is 0.243 e. The third kappa shape index (κ3) is 3.16. The predicted molar refractivity (Wildman–Crippen MR) is 44.3 cm³/mol. The van der Waals surface area contributed by atoms with Crippen molar-refractivity contribution in [1.29, 1.82) is 0 Å². The first-order valence-corrected chi connectivity index (χ1v) is 4.16. The van der Waals surface area contributed by atoms with Crippen LogP contribution in [0.1, 0.15) is 32.6 Å². The molecule has 11 heavy (non-hydrogen) atoms. The van der Waals surface area contributed by atoms with Gasteiger partial charge in [0.25, 0.3) is 0 Å². The average Bonchev–Trinajstić information content (AvgIpc) is 2.79. The van der Waals surface area contributed by atoms with Crippen LogP contribution >= 0.6 is 0 Å². The second-order valence-electron chi connectivity index (χ2n) is 2.85. The molecule has 0 aromatic rings. The largest absolute Gasteiger partial charge is 0.273 e. The molecule has 1 amide bonds. The third-order valence-electron chi connectivity index (χ3n) is 1.63. The number of hydrogen-bond acceptors (Lipinski definition) is 2. The Morgan fingerprint density at radius 3 is 3.00 bits per heavy atom. The minimum Gasteiger partial charge on any atom is -0.273 e. The van der Waals surface area contributed by atoms with E-state index in [2.05, 4.69) is 17.5 Å². The molecule has 0 heterocycles. The Balaban J connectivity index is 2.05. The van der Waals surface area contributed by atoms with Crippen molar-refractivity contribution < 1.29 is 4.79 Å². The quantitative estimate of drug-likeness (QED) is 0.481. The van der Waals surface area contributed by atoms with Gasteiger partial charge < -0.3 is 0 Å². The lowest BCUT2D eigenvalue weighted by atomic mass is 10.4. The van der Waals surface area contributed by atoms with Crippen molar-refractivity contribution in [1.82, 2.24) is 5.43 Å². The summed E-state index contributed by atoms with van der Waals surface area (Å²) in [4.78, 5) is 10.9. The molecule has 1 rings (SSSR count). The highest BCUT2D eigenvalue weighted by Gasteiger charge is 2.29.